The first-order chi connectivity index (χ1) is 12.7. The molecular formula is C17H19ClFNO6S. The highest BCUT2D eigenvalue weighted by Crippen LogP contribution is 2.40. The molecule has 0 radical (unpaired) electrons. The number of hydrogen-bond acceptors (Lipinski definition) is 5. The van der Waals surface area contributed by atoms with Crippen molar-refractivity contribution in [3.8, 4) is 0 Å². The number of carboxylic acids is 1. The molecule has 1 saturated carbocycles. The monoisotopic (exact) mass is 419 g/mol. The summed E-state index contributed by atoms with van der Waals surface area (Å²) in [6, 6.07) is 3.07. The summed E-state index contributed by atoms with van der Waals surface area (Å²) in [5.41, 5.74) is 0. The first kappa shape index (κ1) is 20.0. The molecule has 1 aliphatic heterocycles. The number of nitrogens with zero attached hydrogens (tertiary/aromatic N) is 1. The zero-order valence-electron chi connectivity index (χ0n) is 14.3. The Morgan fingerprint density at radius 3 is 2.41 bits per heavy atom. The molecule has 1 aromatic carbocycles. The van der Waals surface area contributed by atoms with Crippen molar-refractivity contribution in [1.82, 2.24) is 4.90 Å². The van der Waals surface area contributed by atoms with Gasteiger partial charge in [0.2, 0.25) is 5.91 Å². The molecule has 1 saturated heterocycles. The lowest BCUT2D eigenvalue weighted by Crippen LogP contribution is -2.45. The Bertz CT molecular complexity index is 855. The van der Waals surface area contributed by atoms with Gasteiger partial charge in [0.1, 0.15) is 5.82 Å². The number of hydrogen-bond donors (Lipinski definition) is 1. The maximum atomic E-state index is 13.3. The van der Waals surface area contributed by atoms with Crippen molar-refractivity contribution in [3.05, 3.63) is 29.0 Å². The largest absolute Gasteiger partial charge is 0.481 e. The Morgan fingerprint density at radius 1 is 1.19 bits per heavy atom. The number of carboxylic acid groups (broad SMARTS) is 1. The van der Waals surface area contributed by atoms with Gasteiger partial charge in [-0.05, 0) is 31.0 Å². The zero-order chi connectivity index (χ0) is 19.8. The number of halogens is 2. The molecule has 3 rings (SSSR count). The Morgan fingerprint density at radius 2 is 1.81 bits per heavy atom. The first-order valence-electron chi connectivity index (χ1n) is 8.50. The third-order valence-corrected chi connectivity index (χ3v) is 7.60. The predicted molar refractivity (Wildman–Crippen MR) is 93.6 cm³/mol. The number of amides is 1. The van der Waals surface area contributed by atoms with Gasteiger partial charge in [0.05, 0.1) is 40.2 Å². The standard InChI is InChI=1S/C17H19ClFNO6S/c18-14-9-10(1-2-15(14)19)27(24,25)11-7-12(13(8-11)17(22)23)16(21)20-3-5-26-6-4-20/h1-2,9,11-13H,3-8H2,(H,22,23)/t11-,12-,13-/m1/s1. The van der Waals surface area contributed by atoms with Crippen molar-refractivity contribution >= 4 is 33.3 Å². The van der Waals surface area contributed by atoms with E-state index in [1.54, 1.807) is 0 Å². The van der Waals surface area contributed by atoms with Crippen LogP contribution >= 0.6 is 11.6 Å². The maximum absolute atomic E-state index is 13.3. The van der Waals surface area contributed by atoms with Crippen LogP contribution in [0.25, 0.3) is 0 Å². The average Bonchev–Trinajstić information content (AvgIpc) is 3.10. The molecule has 10 heteroatoms. The van der Waals surface area contributed by atoms with Crippen LogP contribution in [0.4, 0.5) is 4.39 Å². The Kier molecular flexibility index (Phi) is 5.73. The summed E-state index contributed by atoms with van der Waals surface area (Å²) in [6.45, 7) is 1.44. The highest BCUT2D eigenvalue weighted by atomic mass is 35.5. The second kappa shape index (κ2) is 7.73. The average molecular weight is 420 g/mol. The van der Waals surface area contributed by atoms with Crippen molar-refractivity contribution in [2.24, 2.45) is 11.8 Å². The fourth-order valence-corrected chi connectivity index (χ4v) is 5.75. The molecule has 1 aliphatic carbocycles. The highest BCUT2D eigenvalue weighted by molar-refractivity contribution is 7.92. The van der Waals surface area contributed by atoms with Gasteiger partial charge < -0.3 is 14.7 Å². The van der Waals surface area contributed by atoms with Crippen LogP contribution in [0, 0.1) is 17.7 Å². The molecule has 0 bridgehead atoms. The van der Waals surface area contributed by atoms with E-state index in [0.29, 0.717) is 26.3 Å². The quantitative estimate of drug-likeness (QED) is 0.744. The number of sulfone groups is 1. The molecule has 1 N–H and O–H groups in total. The molecule has 3 atom stereocenters. The highest BCUT2D eigenvalue weighted by Gasteiger charge is 2.49. The normalized spacial score (nSPS) is 26.1. The summed E-state index contributed by atoms with van der Waals surface area (Å²) in [7, 11) is -3.95. The summed E-state index contributed by atoms with van der Waals surface area (Å²) in [6.07, 6.45) is -0.266. The number of rotatable bonds is 4. The number of morpholine rings is 1. The molecule has 1 aromatic rings. The SMILES string of the molecule is O=C(O)[C@@H]1C[C@H](S(=O)(=O)c2ccc(F)c(Cl)c2)C[C@H]1C(=O)N1CCOCC1. The van der Waals surface area contributed by atoms with E-state index in [4.69, 9.17) is 16.3 Å². The molecule has 0 aromatic heterocycles. The topological polar surface area (TPSA) is 101 Å². The molecule has 27 heavy (non-hydrogen) atoms. The van der Waals surface area contributed by atoms with E-state index in [9.17, 15) is 27.5 Å². The molecule has 0 spiro atoms. The maximum Gasteiger partial charge on any atom is 0.307 e. The molecular weight excluding hydrogens is 401 g/mol. The second-order valence-electron chi connectivity index (χ2n) is 6.70. The minimum atomic E-state index is -3.95. The van der Waals surface area contributed by atoms with Crippen molar-refractivity contribution in [2.75, 3.05) is 26.3 Å². The molecule has 7 nitrogen and oxygen atoms in total. The van der Waals surface area contributed by atoms with Crippen molar-refractivity contribution in [1.29, 1.82) is 0 Å². The van der Waals surface area contributed by atoms with E-state index in [0.717, 1.165) is 18.2 Å². The summed E-state index contributed by atoms with van der Waals surface area (Å²) in [4.78, 5) is 25.8. The van der Waals surface area contributed by atoms with E-state index in [-0.39, 0.29) is 28.7 Å². The van der Waals surface area contributed by atoms with Gasteiger partial charge in [-0.1, -0.05) is 11.6 Å². The molecule has 1 amide bonds. The van der Waals surface area contributed by atoms with E-state index in [2.05, 4.69) is 0 Å². The minimum Gasteiger partial charge on any atom is -0.481 e. The van der Waals surface area contributed by atoms with E-state index >= 15 is 0 Å². The third kappa shape index (κ3) is 3.95. The summed E-state index contributed by atoms with van der Waals surface area (Å²) in [5, 5.41) is 8.13. The lowest BCUT2D eigenvalue weighted by atomic mass is 9.94. The van der Waals surface area contributed by atoms with Gasteiger partial charge in [-0.15, -0.1) is 0 Å². The number of aliphatic carboxylic acids is 1. The number of benzene rings is 1. The van der Waals surface area contributed by atoms with Gasteiger partial charge in [-0.25, -0.2) is 12.8 Å². The van der Waals surface area contributed by atoms with Crippen LogP contribution in [0.2, 0.25) is 5.02 Å². The van der Waals surface area contributed by atoms with Gasteiger partial charge in [0, 0.05) is 13.1 Å². The third-order valence-electron chi connectivity index (χ3n) is 5.13. The van der Waals surface area contributed by atoms with Gasteiger partial charge in [0.25, 0.3) is 0 Å². The Labute approximate surface area is 161 Å². The van der Waals surface area contributed by atoms with Crippen LogP contribution in [0.1, 0.15) is 12.8 Å². The smallest absolute Gasteiger partial charge is 0.307 e. The van der Waals surface area contributed by atoms with E-state index < -0.39 is 38.7 Å². The zero-order valence-corrected chi connectivity index (χ0v) is 15.9. The van der Waals surface area contributed by atoms with Crippen LogP contribution in [0.15, 0.2) is 23.1 Å². The van der Waals surface area contributed by atoms with Crippen LogP contribution in [0.3, 0.4) is 0 Å². The molecule has 148 valence electrons. The summed E-state index contributed by atoms with van der Waals surface area (Å²) < 4.78 is 44.3. The van der Waals surface area contributed by atoms with Crippen molar-refractivity contribution in [3.63, 3.8) is 0 Å². The van der Waals surface area contributed by atoms with Gasteiger partial charge in [-0.2, -0.15) is 0 Å². The van der Waals surface area contributed by atoms with E-state index in [1.807, 2.05) is 0 Å². The number of carbonyl (C=O) groups is 2. The van der Waals surface area contributed by atoms with Crippen molar-refractivity contribution in [2.45, 2.75) is 23.0 Å². The number of carbonyl (C=O) groups excluding carboxylic acids is 1. The lowest BCUT2D eigenvalue weighted by molar-refractivity contribution is -0.150. The van der Waals surface area contributed by atoms with Gasteiger partial charge in [0.15, 0.2) is 9.84 Å². The number of ether oxygens (including phenoxy) is 1. The first-order valence-corrected chi connectivity index (χ1v) is 10.4. The Hall–Kier alpha value is -1.71. The predicted octanol–water partition coefficient (Wildman–Crippen LogP) is 1.59. The van der Waals surface area contributed by atoms with Crippen LogP contribution in [0.5, 0.6) is 0 Å². The van der Waals surface area contributed by atoms with Crippen LogP contribution in [-0.2, 0) is 24.2 Å². The molecule has 2 aliphatic rings. The van der Waals surface area contributed by atoms with E-state index in [1.165, 1.54) is 4.90 Å². The summed E-state index contributed by atoms with van der Waals surface area (Å²) >= 11 is 5.68. The van der Waals surface area contributed by atoms with Crippen molar-refractivity contribution < 1.29 is 32.2 Å². The fourth-order valence-electron chi connectivity index (χ4n) is 3.65. The fraction of sp³-hybridized carbons (Fsp3) is 0.529. The molecule has 0 unspecified atom stereocenters. The van der Waals surface area contributed by atoms with Crippen LogP contribution < -0.4 is 0 Å². The second-order valence-corrected chi connectivity index (χ2v) is 9.34. The van der Waals surface area contributed by atoms with Crippen LogP contribution in [-0.4, -0.2) is 61.9 Å². The minimum absolute atomic E-state index is 0.0928. The Balaban J connectivity index is 1.85. The van der Waals surface area contributed by atoms with Gasteiger partial charge >= 0.3 is 5.97 Å². The lowest BCUT2D eigenvalue weighted by Gasteiger charge is -2.30. The van der Waals surface area contributed by atoms with Gasteiger partial charge in [-0.3, -0.25) is 9.59 Å². The summed E-state index contributed by atoms with van der Waals surface area (Å²) in [5.74, 6) is -4.31. The molecule has 2 fully saturated rings. The molecule has 1 heterocycles.